The van der Waals surface area contributed by atoms with E-state index in [0.29, 0.717) is 0 Å². The van der Waals surface area contributed by atoms with Crippen LogP contribution in [-0.2, 0) is 0 Å². The fraction of sp³-hybridized carbons (Fsp3) is 0.273. The second kappa shape index (κ2) is 5.36. The van der Waals surface area contributed by atoms with Crippen LogP contribution in [0.5, 0.6) is 0 Å². The summed E-state index contributed by atoms with van der Waals surface area (Å²) >= 11 is 7.73. The summed E-state index contributed by atoms with van der Waals surface area (Å²) in [6.07, 6.45) is 2.06. The average Bonchev–Trinajstić information content (AvgIpc) is 2.15. The molecule has 1 aromatic rings. The molecule has 0 bridgehead atoms. The van der Waals surface area contributed by atoms with Crippen molar-refractivity contribution in [1.82, 2.24) is 0 Å². The standard InChI is InChI=1S/C11H13ClS/c1-3-11(9(2)12)13-10-7-5-4-6-8-10/h3-9H,1-2H3/b11-3+. The van der Waals surface area contributed by atoms with Crippen LogP contribution < -0.4 is 0 Å². The summed E-state index contributed by atoms with van der Waals surface area (Å²) < 4.78 is 0. The van der Waals surface area contributed by atoms with Crippen LogP contribution in [0.4, 0.5) is 0 Å². The van der Waals surface area contributed by atoms with E-state index in [1.807, 2.05) is 32.0 Å². The molecule has 0 aliphatic heterocycles. The van der Waals surface area contributed by atoms with Crippen LogP contribution in [0, 0.1) is 0 Å². The lowest BCUT2D eigenvalue weighted by Gasteiger charge is -2.07. The highest BCUT2D eigenvalue weighted by molar-refractivity contribution is 8.03. The maximum atomic E-state index is 6.00. The summed E-state index contributed by atoms with van der Waals surface area (Å²) in [6, 6.07) is 10.3. The third-order valence-electron chi connectivity index (χ3n) is 1.66. The molecule has 1 aromatic carbocycles. The maximum Gasteiger partial charge on any atom is 0.0616 e. The van der Waals surface area contributed by atoms with E-state index >= 15 is 0 Å². The van der Waals surface area contributed by atoms with E-state index in [2.05, 4.69) is 18.2 Å². The van der Waals surface area contributed by atoms with Gasteiger partial charge in [-0.1, -0.05) is 36.0 Å². The lowest BCUT2D eigenvalue weighted by atomic mass is 10.4. The van der Waals surface area contributed by atoms with Gasteiger partial charge in [-0.3, -0.25) is 0 Å². The third kappa shape index (κ3) is 3.45. The normalized spacial score (nSPS) is 14.2. The predicted molar refractivity (Wildman–Crippen MR) is 61.4 cm³/mol. The van der Waals surface area contributed by atoms with Crippen LogP contribution in [0.15, 0.2) is 46.2 Å². The molecular weight excluding hydrogens is 200 g/mol. The van der Waals surface area contributed by atoms with Gasteiger partial charge >= 0.3 is 0 Å². The molecule has 0 fully saturated rings. The Morgan fingerprint density at radius 2 is 2.00 bits per heavy atom. The topological polar surface area (TPSA) is 0 Å². The minimum Gasteiger partial charge on any atom is -0.118 e. The second-order valence-electron chi connectivity index (χ2n) is 2.72. The number of hydrogen-bond donors (Lipinski definition) is 0. The molecule has 0 N–H and O–H groups in total. The molecule has 0 aliphatic carbocycles. The van der Waals surface area contributed by atoms with Crippen molar-refractivity contribution in [2.75, 3.05) is 0 Å². The van der Waals surface area contributed by atoms with E-state index in [4.69, 9.17) is 11.6 Å². The maximum absolute atomic E-state index is 6.00. The zero-order valence-electron chi connectivity index (χ0n) is 7.83. The van der Waals surface area contributed by atoms with Crippen LogP contribution in [-0.4, -0.2) is 5.38 Å². The molecule has 1 unspecified atom stereocenters. The van der Waals surface area contributed by atoms with Gasteiger partial charge in [-0.15, -0.1) is 11.6 Å². The molecule has 0 aromatic heterocycles. The van der Waals surface area contributed by atoms with E-state index in [1.165, 1.54) is 9.80 Å². The molecule has 1 atom stereocenters. The molecule has 0 spiro atoms. The number of alkyl halides is 1. The third-order valence-corrected chi connectivity index (χ3v) is 3.35. The van der Waals surface area contributed by atoms with Gasteiger partial charge in [0.25, 0.3) is 0 Å². The highest BCUT2D eigenvalue weighted by atomic mass is 35.5. The number of thioether (sulfide) groups is 1. The Balaban J connectivity index is 2.69. The van der Waals surface area contributed by atoms with Crippen LogP contribution >= 0.6 is 23.4 Å². The van der Waals surface area contributed by atoms with Gasteiger partial charge in [0.2, 0.25) is 0 Å². The lowest BCUT2D eigenvalue weighted by molar-refractivity contribution is 1.20. The summed E-state index contributed by atoms with van der Waals surface area (Å²) in [5.41, 5.74) is 0. The molecule has 0 heterocycles. The first-order valence-electron chi connectivity index (χ1n) is 4.27. The van der Waals surface area contributed by atoms with Gasteiger partial charge in [0.1, 0.15) is 0 Å². The average molecular weight is 213 g/mol. The Morgan fingerprint density at radius 3 is 2.46 bits per heavy atom. The Hall–Kier alpha value is -0.400. The summed E-state index contributed by atoms with van der Waals surface area (Å²) in [6.45, 7) is 4.01. The monoisotopic (exact) mass is 212 g/mol. The fourth-order valence-corrected chi connectivity index (χ4v) is 2.10. The highest BCUT2D eigenvalue weighted by Gasteiger charge is 2.05. The Kier molecular flexibility index (Phi) is 4.40. The zero-order valence-corrected chi connectivity index (χ0v) is 9.40. The molecule has 1 rings (SSSR count). The predicted octanol–water partition coefficient (Wildman–Crippen LogP) is 4.31. The fourth-order valence-electron chi connectivity index (χ4n) is 0.994. The minimum atomic E-state index is 0.0928. The van der Waals surface area contributed by atoms with Crippen LogP contribution in [0.1, 0.15) is 13.8 Å². The lowest BCUT2D eigenvalue weighted by Crippen LogP contribution is -1.91. The van der Waals surface area contributed by atoms with Gasteiger partial charge in [0.05, 0.1) is 5.38 Å². The number of rotatable bonds is 3. The first-order chi connectivity index (χ1) is 6.24. The number of hydrogen-bond acceptors (Lipinski definition) is 1. The molecule has 13 heavy (non-hydrogen) atoms. The molecule has 0 nitrogen and oxygen atoms in total. The van der Waals surface area contributed by atoms with Crippen molar-refractivity contribution in [3.05, 3.63) is 41.3 Å². The van der Waals surface area contributed by atoms with E-state index in [0.717, 1.165) is 0 Å². The smallest absolute Gasteiger partial charge is 0.0616 e. The SMILES string of the molecule is C/C=C(/Sc1ccccc1)C(C)Cl. The number of allylic oxidation sites excluding steroid dienone is 2. The molecule has 0 radical (unpaired) electrons. The summed E-state index contributed by atoms with van der Waals surface area (Å²) in [7, 11) is 0. The minimum absolute atomic E-state index is 0.0928. The highest BCUT2D eigenvalue weighted by Crippen LogP contribution is 2.30. The van der Waals surface area contributed by atoms with Gasteiger partial charge in [-0.2, -0.15) is 0 Å². The summed E-state index contributed by atoms with van der Waals surface area (Å²) in [5, 5.41) is 0.0928. The van der Waals surface area contributed by atoms with Crippen LogP contribution in [0.25, 0.3) is 0 Å². The van der Waals surface area contributed by atoms with Gasteiger partial charge in [-0.25, -0.2) is 0 Å². The van der Waals surface area contributed by atoms with E-state index < -0.39 is 0 Å². The number of halogens is 1. The van der Waals surface area contributed by atoms with Gasteiger partial charge in [-0.05, 0) is 26.0 Å². The van der Waals surface area contributed by atoms with E-state index in [9.17, 15) is 0 Å². The Morgan fingerprint density at radius 1 is 1.38 bits per heavy atom. The van der Waals surface area contributed by atoms with E-state index in [1.54, 1.807) is 11.8 Å². The second-order valence-corrected chi connectivity index (χ2v) is 4.52. The Labute approximate surface area is 89.0 Å². The molecule has 0 saturated heterocycles. The van der Waals surface area contributed by atoms with Crippen LogP contribution in [0.2, 0.25) is 0 Å². The largest absolute Gasteiger partial charge is 0.118 e. The molecule has 0 aliphatic rings. The molecule has 0 amide bonds. The van der Waals surface area contributed by atoms with Crippen molar-refractivity contribution in [2.24, 2.45) is 0 Å². The van der Waals surface area contributed by atoms with Gasteiger partial charge < -0.3 is 0 Å². The van der Waals surface area contributed by atoms with Crippen molar-refractivity contribution >= 4 is 23.4 Å². The number of benzene rings is 1. The van der Waals surface area contributed by atoms with Crippen LogP contribution in [0.3, 0.4) is 0 Å². The van der Waals surface area contributed by atoms with Crippen molar-refractivity contribution in [2.45, 2.75) is 24.1 Å². The Bertz CT molecular complexity index is 277. The van der Waals surface area contributed by atoms with E-state index in [-0.39, 0.29) is 5.38 Å². The quantitative estimate of drug-likeness (QED) is 0.532. The summed E-state index contributed by atoms with van der Waals surface area (Å²) in [4.78, 5) is 2.44. The molecule has 2 heteroatoms. The van der Waals surface area contributed by atoms with Crippen molar-refractivity contribution < 1.29 is 0 Å². The first kappa shape index (κ1) is 10.7. The van der Waals surface area contributed by atoms with Gasteiger partial charge in [0, 0.05) is 9.80 Å². The molecule has 0 saturated carbocycles. The van der Waals surface area contributed by atoms with Crippen molar-refractivity contribution in [3.8, 4) is 0 Å². The van der Waals surface area contributed by atoms with Crippen molar-refractivity contribution in [1.29, 1.82) is 0 Å². The molecule has 70 valence electrons. The molecular formula is C11H13ClS. The summed E-state index contributed by atoms with van der Waals surface area (Å²) in [5.74, 6) is 0. The zero-order chi connectivity index (χ0) is 9.68. The van der Waals surface area contributed by atoms with Crippen molar-refractivity contribution in [3.63, 3.8) is 0 Å². The van der Waals surface area contributed by atoms with Gasteiger partial charge in [0.15, 0.2) is 0 Å². The first-order valence-corrected chi connectivity index (χ1v) is 5.52.